The van der Waals surface area contributed by atoms with E-state index in [9.17, 15) is 9.90 Å². The largest absolute Gasteiger partial charge is 0.469 e. The monoisotopic (exact) mass is 330 g/mol. The third kappa shape index (κ3) is 2.40. The Morgan fingerprint density at radius 3 is 2.62 bits per heavy atom. The summed E-state index contributed by atoms with van der Waals surface area (Å²) in [7, 11) is 1.47. The molecule has 4 atom stereocenters. The average Bonchev–Trinajstić information content (AvgIpc) is 2.56. The van der Waals surface area contributed by atoms with Crippen molar-refractivity contribution in [3.8, 4) is 0 Å². The van der Waals surface area contributed by atoms with Crippen LogP contribution in [0.25, 0.3) is 0 Å². The maximum absolute atomic E-state index is 12.5. The van der Waals surface area contributed by atoms with E-state index >= 15 is 0 Å². The van der Waals surface area contributed by atoms with Crippen molar-refractivity contribution in [2.45, 2.75) is 70.8 Å². The molecule has 0 radical (unpaired) electrons. The summed E-state index contributed by atoms with van der Waals surface area (Å²) >= 11 is 0. The number of methoxy groups -OCH3 is 1. The summed E-state index contributed by atoms with van der Waals surface area (Å²) < 4.78 is 5.14. The number of esters is 1. The van der Waals surface area contributed by atoms with E-state index in [0.717, 1.165) is 24.8 Å². The maximum Gasteiger partial charge on any atom is 0.311 e. The molecule has 24 heavy (non-hydrogen) atoms. The normalized spacial score (nSPS) is 35.3. The van der Waals surface area contributed by atoms with E-state index in [4.69, 9.17) is 4.74 Å². The van der Waals surface area contributed by atoms with Crippen LogP contribution >= 0.6 is 0 Å². The molecular weight excluding hydrogens is 300 g/mol. The highest BCUT2D eigenvalue weighted by Gasteiger charge is 2.57. The molecule has 1 unspecified atom stereocenters. The quantitative estimate of drug-likeness (QED) is 0.813. The van der Waals surface area contributed by atoms with Crippen LogP contribution in [-0.2, 0) is 14.9 Å². The van der Waals surface area contributed by atoms with Crippen LogP contribution in [0.4, 0.5) is 0 Å². The van der Waals surface area contributed by atoms with Gasteiger partial charge in [-0.3, -0.25) is 4.79 Å². The second-order valence-corrected chi connectivity index (χ2v) is 8.49. The Kier molecular flexibility index (Phi) is 4.28. The minimum atomic E-state index is -0.517. The summed E-state index contributed by atoms with van der Waals surface area (Å²) in [5, 5.41) is 10.9. The number of benzene rings is 1. The van der Waals surface area contributed by atoms with E-state index in [1.807, 2.05) is 6.92 Å². The number of carbonyl (C=O) groups excluding carboxylic acids is 1. The molecule has 0 aliphatic heterocycles. The molecule has 3 rings (SSSR count). The zero-order chi connectivity index (χ0) is 17.7. The minimum absolute atomic E-state index is 0.0781. The molecule has 1 fully saturated rings. The summed E-state index contributed by atoms with van der Waals surface area (Å²) in [4.78, 5) is 12.5. The molecule has 132 valence electrons. The molecule has 2 aliphatic carbocycles. The van der Waals surface area contributed by atoms with Crippen LogP contribution in [0.15, 0.2) is 18.2 Å². The van der Waals surface area contributed by atoms with Gasteiger partial charge in [0.1, 0.15) is 0 Å². The first-order valence-corrected chi connectivity index (χ1v) is 9.15. The lowest BCUT2D eigenvalue weighted by molar-refractivity contribution is -0.162. The van der Waals surface area contributed by atoms with Crippen molar-refractivity contribution in [1.82, 2.24) is 0 Å². The lowest BCUT2D eigenvalue weighted by Crippen LogP contribution is -2.53. The fraction of sp³-hybridized carbons (Fsp3) is 0.667. The molecule has 1 aromatic carbocycles. The van der Waals surface area contributed by atoms with Gasteiger partial charge in [0.15, 0.2) is 0 Å². The van der Waals surface area contributed by atoms with Crippen molar-refractivity contribution in [3.05, 3.63) is 34.9 Å². The topological polar surface area (TPSA) is 46.5 Å². The molecule has 3 heteroatoms. The van der Waals surface area contributed by atoms with E-state index < -0.39 is 11.5 Å². The molecule has 0 amide bonds. The van der Waals surface area contributed by atoms with Gasteiger partial charge < -0.3 is 9.84 Å². The van der Waals surface area contributed by atoms with Crippen molar-refractivity contribution >= 4 is 5.97 Å². The van der Waals surface area contributed by atoms with Crippen LogP contribution in [0.3, 0.4) is 0 Å². The Labute approximate surface area is 145 Å². The fourth-order valence-corrected chi connectivity index (χ4v) is 5.28. The van der Waals surface area contributed by atoms with Gasteiger partial charge in [-0.15, -0.1) is 0 Å². The van der Waals surface area contributed by atoms with E-state index in [-0.39, 0.29) is 17.3 Å². The Hall–Kier alpha value is -1.35. The second-order valence-electron chi connectivity index (χ2n) is 8.49. The van der Waals surface area contributed by atoms with E-state index in [1.54, 1.807) is 0 Å². The molecule has 2 aliphatic rings. The van der Waals surface area contributed by atoms with Gasteiger partial charge in [-0.1, -0.05) is 45.4 Å². The number of aliphatic hydroxyl groups excluding tert-OH is 1. The SMILES string of the molecule is COC(=O)[C@]1(C)CCC[C@]2(C)c3ccc(C(C)C)cc3[C@@H](O)CC12. The number of aliphatic hydroxyl groups is 1. The van der Waals surface area contributed by atoms with Crippen LogP contribution < -0.4 is 0 Å². The lowest BCUT2D eigenvalue weighted by atomic mass is 9.49. The molecule has 0 saturated heterocycles. The number of hydrogen-bond acceptors (Lipinski definition) is 3. The van der Waals surface area contributed by atoms with Gasteiger partial charge in [0, 0.05) is 0 Å². The lowest BCUT2D eigenvalue weighted by Gasteiger charge is -2.55. The molecule has 0 aromatic heterocycles. The standard InChI is InChI=1S/C21H30O3/c1-13(2)14-7-8-16-15(11-14)17(22)12-18-20(16,3)9-6-10-21(18,4)19(23)24-5/h7-8,11,13,17-18,22H,6,9-10,12H2,1-5H3/t17-,18?,20+,21+/m0/s1. The van der Waals surface area contributed by atoms with Gasteiger partial charge in [-0.05, 0) is 60.1 Å². The molecule has 3 nitrogen and oxygen atoms in total. The Morgan fingerprint density at radius 1 is 1.29 bits per heavy atom. The van der Waals surface area contributed by atoms with Crippen molar-refractivity contribution in [2.24, 2.45) is 11.3 Å². The number of ether oxygens (including phenoxy) is 1. The average molecular weight is 330 g/mol. The van der Waals surface area contributed by atoms with Gasteiger partial charge in [-0.2, -0.15) is 0 Å². The van der Waals surface area contributed by atoms with Crippen LogP contribution in [0.5, 0.6) is 0 Å². The van der Waals surface area contributed by atoms with Gasteiger partial charge in [-0.25, -0.2) is 0 Å². The van der Waals surface area contributed by atoms with Crippen molar-refractivity contribution < 1.29 is 14.6 Å². The predicted molar refractivity (Wildman–Crippen MR) is 94.9 cm³/mol. The minimum Gasteiger partial charge on any atom is -0.469 e. The second kappa shape index (κ2) is 5.87. The third-order valence-electron chi connectivity index (χ3n) is 6.76. The molecule has 0 bridgehead atoms. The van der Waals surface area contributed by atoms with Gasteiger partial charge in [0.25, 0.3) is 0 Å². The summed E-state index contributed by atoms with van der Waals surface area (Å²) in [5.41, 5.74) is 2.96. The Balaban J connectivity index is 2.12. The zero-order valence-corrected chi connectivity index (χ0v) is 15.6. The predicted octanol–water partition coefficient (Wildman–Crippen LogP) is 4.48. The molecular formula is C21H30O3. The Bertz CT molecular complexity index is 650. The summed E-state index contributed by atoms with van der Waals surface area (Å²) in [6.45, 7) is 8.66. The first-order valence-electron chi connectivity index (χ1n) is 9.15. The van der Waals surface area contributed by atoms with Gasteiger partial charge in [0.2, 0.25) is 0 Å². The van der Waals surface area contributed by atoms with Crippen LogP contribution in [0.2, 0.25) is 0 Å². The van der Waals surface area contributed by atoms with Crippen molar-refractivity contribution in [1.29, 1.82) is 0 Å². The molecule has 1 aromatic rings. The third-order valence-corrected chi connectivity index (χ3v) is 6.76. The zero-order valence-electron chi connectivity index (χ0n) is 15.6. The molecule has 1 N–H and O–H groups in total. The molecule has 0 spiro atoms. The van der Waals surface area contributed by atoms with Crippen molar-refractivity contribution in [2.75, 3.05) is 7.11 Å². The van der Waals surface area contributed by atoms with Gasteiger partial charge >= 0.3 is 5.97 Å². The van der Waals surface area contributed by atoms with E-state index in [2.05, 4.69) is 39.0 Å². The number of fused-ring (bicyclic) bond motifs is 3. The van der Waals surface area contributed by atoms with Crippen molar-refractivity contribution in [3.63, 3.8) is 0 Å². The molecule has 1 saturated carbocycles. The number of rotatable bonds is 2. The van der Waals surface area contributed by atoms with Crippen LogP contribution in [-0.4, -0.2) is 18.2 Å². The highest BCUT2D eigenvalue weighted by Crippen LogP contribution is 2.59. The number of carbonyl (C=O) groups is 1. The van der Waals surface area contributed by atoms with Crippen LogP contribution in [0, 0.1) is 11.3 Å². The highest BCUT2D eigenvalue weighted by atomic mass is 16.5. The smallest absolute Gasteiger partial charge is 0.311 e. The van der Waals surface area contributed by atoms with E-state index in [0.29, 0.717) is 12.3 Å². The first-order chi connectivity index (χ1) is 11.2. The maximum atomic E-state index is 12.5. The first kappa shape index (κ1) is 17.5. The molecule has 0 heterocycles. The highest BCUT2D eigenvalue weighted by molar-refractivity contribution is 5.77. The van der Waals surface area contributed by atoms with E-state index in [1.165, 1.54) is 18.2 Å². The Morgan fingerprint density at radius 2 is 2.00 bits per heavy atom. The van der Waals surface area contributed by atoms with Crippen LogP contribution in [0.1, 0.15) is 82.1 Å². The van der Waals surface area contributed by atoms with Gasteiger partial charge in [0.05, 0.1) is 18.6 Å². The summed E-state index contributed by atoms with van der Waals surface area (Å²) in [5.74, 6) is 0.422. The fourth-order valence-electron chi connectivity index (χ4n) is 5.28. The summed E-state index contributed by atoms with van der Waals surface area (Å²) in [6, 6.07) is 6.56. The number of hydrogen-bond donors (Lipinski definition) is 1. The summed E-state index contributed by atoms with van der Waals surface area (Å²) in [6.07, 6.45) is 3.05.